The smallest absolute Gasteiger partial charge is 0.0626 e. The van der Waals surface area contributed by atoms with E-state index in [1.54, 1.807) is 0 Å². The summed E-state index contributed by atoms with van der Waals surface area (Å²) in [5.74, 6) is 0.776. The number of hydrogen-bond acceptors (Lipinski definition) is 2. The second-order valence-electron chi connectivity index (χ2n) is 5.82. The molecule has 0 aromatic heterocycles. The highest BCUT2D eigenvalue weighted by molar-refractivity contribution is 4.71. The maximum atomic E-state index is 5.87. The van der Waals surface area contributed by atoms with Gasteiger partial charge in [-0.2, -0.15) is 0 Å². The molecule has 0 aliphatic rings. The molecule has 2 atom stereocenters. The van der Waals surface area contributed by atoms with E-state index in [0.29, 0.717) is 6.04 Å². The van der Waals surface area contributed by atoms with Crippen LogP contribution >= 0.6 is 0 Å². The highest BCUT2D eigenvalue weighted by Crippen LogP contribution is 2.13. The van der Waals surface area contributed by atoms with Crippen molar-refractivity contribution in [2.45, 2.75) is 72.4 Å². The van der Waals surface area contributed by atoms with Gasteiger partial charge in [0.1, 0.15) is 0 Å². The van der Waals surface area contributed by atoms with E-state index in [9.17, 15) is 0 Å². The number of nitrogens with one attached hydrogen (secondary N) is 1. The Hall–Kier alpha value is -0.0800. The number of ether oxygens (including phenoxy) is 1. The van der Waals surface area contributed by atoms with Crippen LogP contribution in [0, 0.1) is 5.92 Å². The standard InChI is InChI=1S/C14H31NO/c1-7-9-15-13(10-12(3)8-2)11-16-14(4,5)6/h12-13,15H,7-11H2,1-6H3. The molecule has 2 heteroatoms. The van der Waals surface area contributed by atoms with Gasteiger partial charge in [0.25, 0.3) is 0 Å². The lowest BCUT2D eigenvalue weighted by Gasteiger charge is -2.26. The predicted octanol–water partition coefficient (Wildman–Crippen LogP) is 3.61. The van der Waals surface area contributed by atoms with E-state index in [1.807, 2.05) is 0 Å². The first-order valence-corrected chi connectivity index (χ1v) is 6.76. The third-order valence-electron chi connectivity index (χ3n) is 2.78. The lowest BCUT2D eigenvalue weighted by Crippen LogP contribution is -2.38. The summed E-state index contributed by atoms with van der Waals surface area (Å²) in [4.78, 5) is 0. The van der Waals surface area contributed by atoms with E-state index in [0.717, 1.165) is 19.1 Å². The molecule has 0 aliphatic carbocycles. The van der Waals surface area contributed by atoms with Gasteiger partial charge in [0, 0.05) is 6.04 Å². The van der Waals surface area contributed by atoms with Crippen molar-refractivity contribution in [1.29, 1.82) is 0 Å². The van der Waals surface area contributed by atoms with Crippen molar-refractivity contribution in [3.8, 4) is 0 Å². The Bertz CT molecular complexity index is 163. The second-order valence-corrected chi connectivity index (χ2v) is 5.82. The molecular formula is C14H31NO. The Morgan fingerprint density at radius 3 is 2.25 bits per heavy atom. The minimum atomic E-state index is -0.0262. The maximum Gasteiger partial charge on any atom is 0.0626 e. The van der Waals surface area contributed by atoms with Crippen LogP contribution in [-0.4, -0.2) is 24.8 Å². The van der Waals surface area contributed by atoms with Gasteiger partial charge in [-0.25, -0.2) is 0 Å². The SMILES string of the molecule is CCCNC(COC(C)(C)C)CC(C)CC. The predicted molar refractivity (Wildman–Crippen MR) is 71.9 cm³/mol. The number of hydrogen-bond donors (Lipinski definition) is 1. The normalized spacial score (nSPS) is 16.1. The van der Waals surface area contributed by atoms with Crippen LogP contribution < -0.4 is 5.32 Å². The van der Waals surface area contributed by atoms with Crippen LogP contribution in [-0.2, 0) is 4.74 Å². The van der Waals surface area contributed by atoms with E-state index in [-0.39, 0.29) is 5.60 Å². The van der Waals surface area contributed by atoms with E-state index < -0.39 is 0 Å². The zero-order valence-corrected chi connectivity index (χ0v) is 12.1. The molecule has 0 aromatic carbocycles. The molecule has 0 radical (unpaired) electrons. The quantitative estimate of drug-likeness (QED) is 0.686. The summed E-state index contributed by atoms with van der Waals surface area (Å²) in [5.41, 5.74) is -0.0262. The third-order valence-corrected chi connectivity index (χ3v) is 2.78. The minimum Gasteiger partial charge on any atom is -0.374 e. The van der Waals surface area contributed by atoms with Crippen molar-refractivity contribution >= 4 is 0 Å². The summed E-state index contributed by atoms with van der Waals surface area (Å²) >= 11 is 0. The van der Waals surface area contributed by atoms with Crippen LogP contribution in [0.1, 0.15) is 60.8 Å². The van der Waals surface area contributed by atoms with Crippen LogP contribution in [0.2, 0.25) is 0 Å². The molecule has 1 N–H and O–H groups in total. The van der Waals surface area contributed by atoms with Crippen molar-refractivity contribution in [2.75, 3.05) is 13.2 Å². The first kappa shape index (κ1) is 15.9. The average Bonchev–Trinajstić information content (AvgIpc) is 2.20. The molecule has 16 heavy (non-hydrogen) atoms. The molecule has 98 valence electrons. The lowest BCUT2D eigenvalue weighted by molar-refractivity contribution is -0.0170. The van der Waals surface area contributed by atoms with Gasteiger partial charge in [-0.3, -0.25) is 0 Å². The second kappa shape index (κ2) is 8.08. The van der Waals surface area contributed by atoms with E-state index >= 15 is 0 Å². The molecule has 0 amide bonds. The van der Waals surface area contributed by atoms with Gasteiger partial charge in [0.05, 0.1) is 12.2 Å². The van der Waals surface area contributed by atoms with Gasteiger partial charge in [0.15, 0.2) is 0 Å². The minimum absolute atomic E-state index is 0.0262. The molecule has 2 nitrogen and oxygen atoms in total. The first-order chi connectivity index (χ1) is 7.39. The van der Waals surface area contributed by atoms with Crippen LogP contribution in [0.4, 0.5) is 0 Å². The maximum absolute atomic E-state index is 5.87. The Morgan fingerprint density at radius 1 is 1.19 bits per heavy atom. The van der Waals surface area contributed by atoms with Gasteiger partial charge in [-0.05, 0) is 46.1 Å². The Morgan fingerprint density at radius 2 is 1.81 bits per heavy atom. The fraction of sp³-hybridized carbons (Fsp3) is 1.00. The van der Waals surface area contributed by atoms with Crippen LogP contribution in [0.5, 0.6) is 0 Å². The zero-order chi connectivity index (χ0) is 12.6. The highest BCUT2D eigenvalue weighted by atomic mass is 16.5. The van der Waals surface area contributed by atoms with Crippen molar-refractivity contribution in [3.63, 3.8) is 0 Å². The molecule has 0 fully saturated rings. The highest BCUT2D eigenvalue weighted by Gasteiger charge is 2.16. The van der Waals surface area contributed by atoms with Gasteiger partial charge in [0.2, 0.25) is 0 Å². The topological polar surface area (TPSA) is 21.3 Å². The van der Waals surface area contributed by atoms with Crippen LogP contribution in [0.15, 0.2) is 0 Å². The summed E-state index contributed by atoms with van der Waals surface area (Å²) in [6, 6.07) is 0.508. The van der Waals surface area contributed by atoms with Crippen LogP contribution in [0.25, 0.3) is 0 Å². The molecule has 0 aromatic rings. The van der Waals surface area contributed by atoms with Crippen molar-refractivity contribution in [3.05, 3.63) is 0 Å². The third kappa shape index (κ3) is 9.17. The summed E-state index contributed by atoms with van der Waals surface area (Å²) in [7, 11) is 0. The molecule has 0 aliphatic heterocycles. The van der Waals surface area contributed by atoms with Crippen LogP contribution in [0.3, 0.4) is 0 Å². The van der Waals surface area contributed by atoms with E-state index in [2.05, 4.69) is 46.9 Å². The molecule has 2 unspecified atom stereocenters. The largest absolute Gasteiger partial charge is 0.374 e. The van der Waals surface area contributed by atoms with Gasteiger partial charge >= 0.3 is 0 Å². The van der Waals surface area contributed by atoms with E-state index in [1.165, 1.54) is 19.3 Å². The zero-order valence-electron chi connectivity index (χ0n) is 12.1. The summed E-state index contributed by atoms with van der Waals surface area (Å²) in [5, 5.41) is 3.58. The average molecular weight is 229 g/mol. The van der Waals surface area contributed by atoms with Crippen molar-refractivity contribution in [1.82, 2.24) is 5.32 Å². The first-order valence-electron chi connectivity index (χ1n) is 6.76. The van der Waals surface area contributed by atoms with Gasteiger partial charge in [-0.15, -0.1) is 0 Å². The summed E-state index contributed by atoms with van der Waals surface area (Å²) in [6.45, 7) is 15.1. The summed E-state index contributed by atoms with van der Waals surface area (Å²) < 4.78 is 5.87. The molecule has 0 rings (SSSR count). The molecule has 0 bridgehead atoms. The fourth-order valence-electron chi connectivity index (χ4n) is 1.56. The van der Waals surface area contributed by atoms with Crippen molar-refractivity contribution < 1.29 is 4.74 Å². The Kier molecular flexibility index (Phi) is 8.04. The molecule has 0 heterocycles. The Labute approximate surface area is 102 Å². The van der Waals surface area contributed by atoms with Gasteiger partial charge < -0.3 is 10.1 Å². The Balaban J connectivity index is 3.99. The number of rotatable bonds is 8. The molecular weight excluding hydrogens is 198 g/mol. The summed E-state index contributed by atoms with van der Waals surface area (Å²) in [6.07, 6.45) is 3.65. The lowest BCUT2D eigenvalue weighted by atomic mass is 9.99. The monoisotopic (exact) mass is 229 g/mol. The van der Waals surface area contributed by atoms with Crippen molar-refractivity contribution in [2.24, 2.45) is 5.92 Å². The van der Waals surface area contributed by atoms with E-state index in [4.69, 9.17) is 4.74 Å². The molecule has 0 saturated heterocycles. The fourth-order valence-corrected chi connectivity index (χ4v) is 1.56. The molecule has 0 saturated carbocycles. The molecule has 0 spiro atoms. The van der Waals surface area contributed by atoms with Gasteiger partial charge in [-0.1, -0.05) is 27.2 Å².